The predicted molar refractivity (Wildman–Crippen MR) is 65.3 cm³/mol. The van der Waals surface area contributed by atoms with Crippen LogP contribution in [0.15, 0.2) is 0 Å². The molecule has 98 valence electrons. The maximum absolute atomic E-state index is 11.8. The standard InChI is InChI=1S/C10H16Cl2N2O3/c1-14-4-2-7(3-5-14)8(15)13-10(12,6-11)9(16)17/h7H,2-6H2,1H3,(H,13,15)(H,16,17). The van der Waals surface area contributed by atoms with E-state index in [4.69, 9.17) is 28.3 Å². The molecule has 0 bridgehead atoms. The molecule has 1 aliphatic rings. The van der Waals surface area contributed by atoms with Gasteiger partial charge in [0.15, 0.2) is 0 Å². The molecule has 1 heterocycles. The Bertz CT molecular complexity index is 306. The van der Waals surface area contributed by atoms with Crippen LogP contribution in [0.4, 0.5) is 0 Å². The molecule has 1 rings (SSSR count). The Kier molecular flexibility index (Phi) is 5.04. The van der Waals surface area contributed by atoms with Crippen molar-refractivity contribution in [2.45, 2.75) is 17.8 Å². The Hall–Kier alpha value is -0.520. The highest BCUT2D eigenvalue weighted by Gasteiger charge is 2.39. The summed E-state index contributed by atoms with van der Waals surface area (Å²) in [6.45, 7) is 1.64. The van der Waals surface area contributed by atoms with Gasteiger partial charge in [-0.3, -0.25) is 4.79 Å². The van der Waals surface area contributed by atoms with Crippen molar-refractivity contribution < 1.29 is 14.7 Å². The van der Waals surface area contributed by atoms with Gasteiger partial charge in [-0.2, -0.15) is 0 Å². The predicted octanol–water partition coefficient (Wildman–Crippen LogP) is 0.703. The molecule has 2 N–H and O–H groups in total. The smallest absolute Gasteiger partial charge is 0.346 e. The second-order valence-electron chi connectivity index (χ2n) is 4.31. The number of hydrogen-bond acceptors (Lipinski definition) is 3. The van der Waals surface area contributed by atoms with Crippen LogP contribution in [-0.2, 0) is 9.59 Å². The van der Waals surface area contributed by atoms with Crippen LogP contribution >= 0.6 is 23.2 Å². The van der Waals surface area contributed by atoms with E-state index in [2.05, 4.69) is 10.2 Å². The van der Waals surface area contributed by atoms with Gasteiger partial charge in [0.05, 0.1) is 5.88 Å². The number of carbonyl (C=O) groups excluding carboxylic acids is 1. The maximum atomic E-state index is 11.8. The van der Waals surface area contributed by atoms with Crippen molar-refractivity contribution >= 4 is 35.1 Å². The number of piperidine rings is 1. The van der Waals surface area contributed by atoms with Crippen molar-refractivity contribution in [3.63, 3.8) is 0 Å². The van der Waals surface area contributed by atoms with Crippen molar-refractivity contribution in [3.05, 3.63) is 0 Å². The minimum Gasteiger partial charge on any atom is -0.479 e. The molecular weight excluding hydrogens is 267 g/mol. The van der Waals surface area contributed by atoms with Crippen LogP contribution in [0.1, 0.15) is 12.8 Å². The lowest BCUT2D eigenvalue weighted by Gasteiger charge is -2.30. The number of aliphatic carboxylic acids is 1. The van der Waals surface area contributed by atoms with E-state index in [0.717, 1.165) is 13.1 Å². The Morgan fingerprint density at radius 3 is 2.41 bits per heavy atom. The monoisotopic (exact) mass is 282 g/mol. The minimum atomic E-state index is -1.90. The number of hydrogen-bond donors (Lipinski definition) is 2. The molecule has 1 atom stereocenters. The van der Waals surface area contributed by atoms with E-state index < -0.39 is 11.0 Å². The highest BCUT2D eigenvalue weighted by atomic mass is 35.5. The quantitative estimate of drug-likeness (QED) is 0.588. The van der Waals surface area contributed by atoms with Gasteiger partial charge in [0.25, 0.3) is 0 Å². The summed E-state index contributed by atoms with van der Waals surface area (Å²) in [5, 5.41) is 11.2. The topological polar surface area (TPSA) is 69.6 Å². The number of carboxylic acids is 1. The SMILES string of the molecule is CN1CCC(C(=O)NC(Cl)(CCl)C(=O)O)CC1. The zero-order valence-electron chi connectivity index (χ0n) is 9.58. The van der Waals surface area contributed by atoms with Gasteiger partial charge in [-0.05, 0) is 33.0 Å². The third-order valence-electron chi connectivity index (χ3n) is 2.93. The number of alkyl halides is 2. The lowest BCUT2D eigenvalue weighted by atomic mass is 9.96. The molecule has 0 aromatic rings. The first-order valence-corrected chi connectivity index (χ1v) is 6.29. The molecule has 17 heavy (non-hydrogen) atoms. The molecular formula is C10H16Cl2N2O3. The zero-order chi connectivity index (χ0) is 13.1. The van der Waals surface area contributed by atoms with Crippen LogP contribution in [0.3, 0.4) is 0 Å². The van der Waals surface area contributed by atoms with Gasteiger partial charge in [-0.25, -0.2) is 4.79 Å². The average molecular weight is 283 g/mol. The highest BCUT2D eigenvalue weighted by Crippen LogP contribution is 2.20. The minimum absolute atomic E-state index is 0.188. The van der Waals surface area contributed by atoms with Crippen LogP contribution in [0.5, 0.6) is 0 Å². The van der Waals surface area contributed by atoms with Crippen LogP contribution < -0.4 is 5.32 Å². The van der Waals surface area contributed by atoms with E-state index in [1.807, 2.05) is 7.05 Å². The van der Waals surface area contributed by atoms with Crippen LogP contribution in [0, 0.1) is 5.92 Å². The normalized spacial score (nSPS) is 21.8. The summed E-state index contributed by atoms with van der Waals surface area (Å²) in [6.07, 6.45) is 1.41. The molecule has 1 unspecified atom stereocenters. The largest absolute Gasteiger partial charge is 0.479 e. The average Bonchev–Trinajstić information content (AvgIpc) is 2.29. The second kappa shape index (κ2) is 5.89. The fourth-order valence-electron chi connectivity index (χ4n) is 1.71. The molecule has 0 aromatic heterocycles. The van der Waals surface area contributed by atoms with E-state index in [1.165, 1.54) is 0 Å². The Morgan fingerprint density at radius 2 is 2.00 bits per heavy atom. The lowest BCUT2D eigenvalue weighted by molar-refractivity contribution is -0.143. The van der Waals surface area contributed by atoms with Gasteiger partial charge in [0.2, 0.25) is 10.9 Å². The summed E-state index contributed by atoms with van der Waals surface area (Å²) in [7, 11) is 1.98. The van der Waals surface area contributed by atoms with Gasteiger partial charge in [-0.15, -0.1) is 11.6 Å². The van der Waals surface area contributed by atoms with E-state index in [0.29, 0.717) is 12.8 Å². The first-order valence-electron chi connectivity index (χ1n) is 5.38. The number of nitrogens with zero attached hydrogens (tertiary/aromatic N) is 1. The molecule has 0 saturated carbocycles. The summed E-state index contributed by atoms with van der Waals surface area (Å²) in [4.78, 5) is 23.0. The summed E-state index contributed by atoms with van der Waals surface area (Å²) in [5.41, 5.74) is 0. The molecule has 0 aliphatic carbocycles. The summed E-state index contributed by atoms with van der Waals surface area (Å²) < 4.78 is 0. The molecule has 1 aliphatic heterocycles. The third-order valence-corrected chi connectivity index (χ3v) is 3.86. The molecule has 5 nitrogen and oxygen atoms in total. The van der Waals surface area contributed by atoms with Gasteiger partial charge in [0.1, 0.15) is 0 Å². The Labute approximate surface area is 110 Å². The molecule has 0 spiro atoms. The molecule has 0 radical (unpaired) electrons. The highest BCUT2D eigenvalue weighted by molar-refractivity contribution is 6.39. The number of halogens is 2. The van der Waals surface area contributed by atoms with Crippen LogP contribution in [-0.4, -0.2) is 52.9 Å². The summed E-state index contributed by atoms with van der Waals surface area (Å²) in [6, 6.07) is 0. The van der Waals surface area contributed by atoms with E-state index >= 15 is 0 Å². The molecule has 0 aromatic carbocycles. The molecule has 1 amide bonds. The van der Waals surface area contributed by atoms with E-state index in [1.54, 1.807) is 0 Å². The molecule has 1 fully saturated rings. The van der Waals surface area contributed by atoms with Crippen LogP contribution in [0.25, 0.3) is 0 Å². The van der Waals surface area contributed by atoms with Crippen molar-refractivity contribution in [3.8, 4) is 0 Å². The third kappa shape index (κ3) is 3.72. The zero-order valence-corrected chi connectivity index (χ0v) is 11.1. The Morgan fingerprint density at radius 1 is 1.47 bits per heavy atom. The fraction of sp³-hybridized carbons (Fsp3) is 0.800. The van der Waals surface area contributed by atoms with Gasteiger partial charge >= 0.3 is 5.97 Å². The van der Waals surface area contributed by atoms with E-state index in [-0.39, 0.29) is 17.7 Å². The van der Waals surface area contributed by atoms with Crippen molar-refractivity contribution in [2.75, 3.05) is 26.0 Å². The van der Waals surface area contributed by atoms with E-state index in [9.17, 15) is 9.59 Å². The molecule has 1 saturated heterocycles. The lowest BCUT2D eigenvalue weighted by Crippen LogP contribution is -2.54. The van der Waals surface area contributed by atoms with Crippen LogP contribution in [0.2, 0.25) is 0 Å². The number of likely N-dealkylation sites (tertiary alicyclic amines) is 1. The van der Waals surface area contributed by atoms with Crippen molar-refractivity contribution in [1.82, 2.24) is 10.2 Å². The summed E-state index contributed by atoms with van der Waals surface area (Å²) in [5.74, 6) is -2.24. The number of carboxylic acid groups (broad SMARTS) is 1. The number of carbonyl (C=O) groups is 2. The Balaban J connectivity index is 2.56. The van der Waals surface area contributed by atoms with Gasteiger partial charge in [-0.1, -0.05) is 11.6 Å². The summed E-state index contributed by atoms with van der Waals surface area (Å²) >= 11 is 11.2. The fourth-order valence-corrected chi connectivity index (χ4v) is 1.99. The number of nitrogens with one attached hydrogen (secondary N) is 1. The first-order chi connectivity index (χ1) is 7.89. The first kappa shape index (κ1) is 14.5. The second-order valence-corrected chi connectivity index (χ2v) is 5.22. The van der Waals surface area contributed by atoms with Crippen molar-refractivity contribution in [1.29, 1.82) is 0 Å². The maximum Gasteiger partial charge on any atom is 0.346 e. The van der Waals surface area contributed by atoms with Crippen molar-refractivity contribution in [2.24, 2.45) is 5.92 Å². The van der Waals surface area contributed by atoms with Gasteiger partial charge in [0, 0.05) is 5.92 Å². The molecule has 7 heteroatoms. The van der Waals surface area contributed by atoms with Gasteiger partial charge < -0.3 is 15.3 Å². The number of rotatable bonds is 4. The number of amides is 1.